The number of rotatable bonds is 18. The highest BCUT2D eigenvalue weighted by Crippen LogP contribution is 2.30. The van der Waals surface area contributed by atoms with Gasteiger partial charge in [-0.1, -0.05) is 60.7 Å². The maximum absolute atomic E-state index is 14.4. The number of aliphatic hydroxyl groups is 2. The maximum Gasteiger partial charge on any atom is 0.248 e. The van der Waals surface area contributed by atoms with Gasteiger partial charge in [-0.15, -0.1) is 0 Å². The Morgan fingerprint density at radius 2 is 1.22 bits per heavy atom. The number of hydrogen-bond donors (Lipinski definition) is 9. The SMILES string of the molecule is CC(=O)N1CCC[C@H]1C(=O)N[C@@H](CO)C(=O)N1CCC[C@H]1C(=O)N[C@H](C(=O)N[C@@H](C)C(=O)N[C@H](C(=O)N[C@@H](CS)C(N)=O)[C@@H](C)O)C(c1ccccc1)c1ccccc1. The lowest BCUT2D eigenvalue weighted by Gasteiger charge is -2.33. The van der Waals surface area contributed by atoms with E-state index in [2.05, 4.69) is 39.2 Å². The zero-order valence-corrected chi connectivity index (χ0v) is 34.1. The molecule has 9 N–H and O–H groups in total. The monoisotopic (exact) mass is 838 g/mol. The molecule has 2 aromatic carbocycles. The zero-order valence-electron chi connectivity index (χ0n) is 33.2. The van der Waals surface area contributed by atoms with Crippen molar-refractivity contribution in [3.05, 3.63) is 71.8 Å². The van der Waals surface area contributed by atoms with Crippen molar-refractivity contribution in [2.24, 2.45) is 5.73 Å². The van der Waals surface area contributed by atoms with E-state index in [4.69, 9.17) is 5.73 Å². The summed E-state index contributed by atoms with van der Waals surface area (Å²) in [5, 5.41) is 33.3. The van der Waals surface area contributed by atoms with Crippen LogP contribution in [0.15, 0.2) is 60.7 Å². The van der Waals surface area contributed by atoms with Crippen LogP contribution < -0.4 is 32.3 Å². The molecule has 0 spiro atoms. The second kappa shape index (κ2) is 21.5. The smallest absolute Gasteiger partial charge is 0.248 e. The third kappa shape index (κ3) is 11.8. The van der Waals surface area contributed by atoms with Gasteiger partial charge in [-0.25, -0.2) is 0 Å². The van der Waals surface area contributed by atoms with Gasteiger partial charge in [0.1, 0.15) is 42.3 Å². The minimum Gasteiger partial charge on any atom is -0.394 e. The van der Waals surface area contributed by atoms with E-state index < -0.39 is 102 Å². The molecule has 2 heterocycles. The molecule has 2 aromatic rings. The summed E-state index contributed by atoms with van der Waals surface area (Å²) in [5.74, 6) is -6.75. The van der Waals surface area contributed by atoms with Gasteiger partial charge in [-0.3, -0.25) is 38.4 Å². The van der Waals surface area contributed by atoms with E-state index in [9.17, 15) is 48.6 Å². The molecular formula is C40H54N8O10S. The highest BCUT2D eigenvalue weighted by atomic mass is 32.1. The van der Waals surface area contributed by atoms with Gasteiger partial charge in [0.15, 0.2) is 0 Å². The third-order valence-corrected chi connectivity index (χ3v) is 10.8. The Labute approximate surface area is 347 Å². The predicted octanol–water partition coefficient (Wildman–Crippen LogP) is -1.95. The molecule has 19 heteroatoms. The number of nitrogens with zero attached hydrogens (tertiary/aromatic N) is 2. The number of likely N-dealkylation sites (tertiary alicyclic amines) is 2. The topological polar surface area (TPSA) is 270 Å². The largest absolute Gasteiger partial charge is 0.394 e. The Morgan fingerprint density at radius 3 is 1.71 bits per heavy atom. The third-order valence-electron chi connectivity index (χ3n) is 10.5. The number of thiol groups is 1. The summed E-state index contributed by atoms with van der Waals surface area (Å²) in [5.41, 5.74) is 6.55. The van der Waals surface area contributed by atoms with Crippen LogP contribution in [0.4, 0.5) is 0 Å². The summed E-state index contributed by atoms with van der Waals surface area (Å²) in [4.78, 5) is 109. The van der Waals surface area contributed by atoms with E-state index in [1.165, 1.54) is 30.6 Å². The first-order chi connectivity index (χ1) is 28.1. The fourth-order valence-electron chi connectivity index (χ4n) is 7.34. The highest BCUT2D eigenvalue weighted by Gasteiger charge is 2.42. The average molecular weight is 839 g/mol. The molecule has 2 aliphatic rings. The van der Waals surface area contributed by atoms with E-state index >= 15 is 0 Å². The van der Waals surface area contributed by atoms with Crippen molar-refractivity contribution in [3.63, 3.8) is 0 Å². The maximum atomic E-state index is 14.4. The summed E-state index contributed by atoms with van der Waals surface area (Å²) in [6.07, 6.45) is 0.161. The second-order valence-electron chi connectivity index (χ2n) is 14.7. The standard InChI is InChI=1S/C40H54N8O10S/c1-22(35(53)45-32(23(2)50)38(56)44-28(21-59)34(41)52)42-39(57)33(31(25-12-6-4-7-13-25)26-14-8-5-9-15-26)46-37(55)30-17-11-19-48(30)40(58)27(20-49)43-36(54)29-16-10-18-47(29)24(3)51/h4-9,12-15,22-23,27-33,49-50,59H,10-11,16-21H2,1-3H3,(H2,41,52)(H,42,57)(H,43,54)(H,44,56)(H,45,53)(H,46,55)/t22-,23+,27-,28-,29-,30-,32-,33-/m0/s1. The molecular weight excluding hydrogens is 785 g/mol. The summed E-state index contributed by atoms with van der Waals surface area (Å²) in [6, 6.07) is 8.92. The van der Waals surface area contributed by atoms with Crippen molar-refractivity contribution in [1.82, 2.24) is 36.4 Å². The van der Waals surface area contributed by atoms with Crippen LogP contribution >= 0.6 is 12.6 Å². The number of nitrogens with two attached hydrogens (primary N) is 1. The Morgan fingerprint density at radius 1 is 0.712 bits per heavy atom. The van der Waals surface area contributed by atoms with Crippen LogP contribution in [0.25, 0.3) is 0 Å². The van der Waals surface area contributed by atoms with Gasteiger partial charge >= 0.3 is 0 Å². The van der Waals surface area contributed by atoms with E-state index in [1.807, 2.05) is 0 Å². The van der Waals surface area contributed by atoms with Crippen LogP contribution in [0.2, 0.25) is 0 Å². The summed E-state index contributed by atoms with van der Waals surface area (Å²) in [7, 11) is 0. The van der Waals surface area contributed by atoms with Crippen LogP contribution in [-0.2, 0) is 38.4 Å². The first kappa shape index (κ1) is 46.2. The minimum absolute atomic E-state index is 0.118. The van der Waals surface area contributed by atoms with Crippen molar-refractivity contribution in [1.29, 1.82) is 0 Å². The molecule has 59 heavy (non-hydrogen) atoms. The summed E-state index contributed by atoms with van der Waals surface area (Å²) >= 11 is 4.00. The van der Waals surface area contributed by atoms with Crippen molar-refractivity contribution in [3.8, 4) is 0 Å². The van der Waals surface area contributed by atoms with Crippen molar-refractivity contribution < 1.29 is 48.6 Å². The molecule has 0 aromatic heterocycles. The molecule has 320 valence electrons. The molecule has 0 saturated carbocycles. The van der Waals surface area contributed by atoms with Gasteiger partial charge in [0.25, 0.3) is 0 Å². The quantitative estimate of drug-likeness (QED) is 0.0750. The van der Waals surface area contributed by atoms with Crippen LogP contribution in [0.5, 0.6) is 0 Å². The van der Waals surface area contributed by atoms with Crippen LogP contribution in [0.1, 0.15) is 63.5 Å². The first-order valence-electron chi connectivity index (χ1n) is 19.5. The molecule has 8 atom stereocenters. The molecule has 0 unspecified atom stereocenters. The Hall–Kier alpha value is -5.53. The van der Waals surface area contributed by atoms with Gasteiger partial charge < -0.3 is 52.3 Å². The molecule has 0 radical (unpaired) electrons. The summed E-state index contributed by atoms with van der Waals surface area (Å²) in [6.45, 7) is 3.67. The fraction of sp³-hybridized carbons (Fsp3) is 0.500. The number of carbonyl (C=O) groups excluding carboxylic acids is 8. The molecule has 2 aliphatic heterocycles. The van der Waals surface area contributed by atoms with Gasteiger partial charge in [-0.05, 0) is 50.7 Å². The molecule has 2 fully saturated rings. The molecule has 8 amide bonds. The van der Waals surface area contributed by atoms with Crippen molar-refractivity contribution >= 4 is 59.9 Å². The number of amides is 8. The first-order valence-corrected chi connectivity index (χ1v) is 20.1. The van der Waals surface area contributed by atoms with Crippen LogP contribution in [0, 0.1) is 0 Å². The van der Waals surface area contributed by atoms with Crippen LogP contribution in [-0.4, -0.2) is 141 Å². The number of benzene rings is 2. The van der Waals surface area contributed by atoms with E-state index in [0.717, 1.165) is 0 Å². The normalized spacial score (nSPS) is 19.4. The zero-order chi connectivity index (χ0) is 43.4. The Bertz CT molecular complexity index is 1800. The summed E-state index contributed by atoms with van der Waals surface area (Å²) < 4.78 is 0. The minimum atomic E-state index is -1.55. The molecule has 0 aliphatic carbocycles. The fourth-order valence-corrected chi connectivity index (χ4v) is 7.61. The average Bonchev–Trinajstić information content (AvgIpc) is 3.92. The number of aliphatic hydroxyl groups excluding tert-OH is 2. The van der Waals surface area contributed by atoms with Gasteiger partial charge in [-0.2, -0.15) is 12.6 Å². The molecule has 2 saturated heterocycles. The second-order valence-corrected chi connectivity index (χ2v) is 15.1. The number of hydrogen-bond acceptors (Lipinski definition) is 11. The highest BCUT2D eigenvalue weighted by molar-refractivity contribution is 7.80. The van der Waals surface area contributed by atoms with E-state index in [0.29, 0.717) is 36.9 Å². The van der Waals surface area contributed by atoms with Gasteiger partial charge in [0, 0.05) is 31.7 Å². The number of carbonyl (C=O) groups is 8. The molecule has 4 rings (SSSR count). The van der Waals surface area contributed by atoms with Gasteiger partial charge in [0.05, 0.1) is 12.7 Å². The lowest BCUT2D eigenvalue weighted by Crippen LogP contribution is -2.61. The Balaban J connectivity index is 1.59. The van der Waals surface area contributed by atoms with Crippen molar-refractivity contribution in [2.45, 2.75) is 101 Å². The molecule has 0 bridgehead atoms. The lowest BCUT2D eigenvalue weighted by atomic mass is 9.84. The van der Waals surface area contributed by atoms with Crippen molar-refractivity contribution in [2.75, 3.05) is 25.4 Å². The Kier molecular flexibility index (Phi) is 16.8. The number of primary amides is 1. The van der Waals surface area contributed by atoms with Gasteiger partial charge in [0.2, 0.25) is 47.3 Å². The predicted molar refractivity (Wildman–Crippen MR) is 217 cm³/mol. The van der Waals surface area contributed by atoms with E-state index in [-0.39, 0.29) is 24.6 Å². The van der Waals surface area contributed by atoms with Crippen LogP contribution in [0.3, 0.4) is 0 Å². The lowest BCUT2D eigenvalue weighted by molar-refractivity contribution is -0.144. The van der Waals surface area contributed by atoms with E-state index in [1.54, 1.807) is 60.7 Å². The molecule has 18 nitrogen and oxygen atoms in total. The number of nitrogens with one attached hydrogen (secondary N) is 5.